The average molecular weight is 648 g/mol. The number of hydrogen-bond acceptors (Lipinski definition) is 7. The number of carbonyl (C=O) groups is 3. The number of rotatable bonds is 11. The minimum atomic E-state index is -0.595. The fourth-order valence-corrected chi connectivity index (χ4v) is 4.88. The third-order valence-electron chi connectivity index (χ3n) is 6.36. The Bertz CT molecular complexity index is 1730. The maximum atomic E-state index is 12.4. The van der Waals surface area contributed by atoms with Crippen LogP contribution in [0.25, 0.3) is 12.2 Å². The summed E-state index contributed by atoms with van der Waals surface area (Å²) in [5.74, 6) is -0.316. The van der Waals surface area contributed by atoms with E-state index in [2.05, 4.69) is 26.2 Å². The molecule has 1 aliphatic rings. The lowest BCUT2D eigenvalue weighted by Gasteiger charge is -2.16. The Morgan fingerprint density at radius 1 is 0.976 bits per heavy atom. The highest BCUT2D eigenvalue weighted by Crippen LogP contribution is 2.31. The summed E-state index contributed by atoms with van der Waals surface area (Å²) >= 11 is 9.39. The van der Waals surface area contributed by atoms with Gasteiger partial charge >= 0.3 is 0 Å². The highest BCUT2D eigenvalue weighted by Gasteiger charge is 2.35. The number of ether oxygens (including phenoxy) is 2. The summed E-state index contributed by atoms with van der Waals surface area (Å²) in [6, 6.07) is 17.8. The Balaban J connectivity index is 1.16. The molecule has 0 radical (unpaired) electrons. The fraction of sp³-hybridized carbons (Fsp3) is 0.129. The molecule has 42 heavy (non-hydrogen) atoms. The summed E-state index contributed by atoms with van der Waals surface area (Å²) in [5.41, 5.74) is 3.09. The van der Waals surface area contributed by atoms with E-state index in [1.54, 1.807) is 47.3 Å². The van der Waals surface area contributed by atoms with Crippen LogP contribution in [0.3, 0.4) is 0 Å². The zero-order valence-electron chi connectivity index (χ0n) is 22.4. The number of fused-ring (bicyclic) bond motifs is 1. The molecule has 3 aromatic carbocycles. The quantitative estimate of drug-likeness (QED) is 0.150. The van der Waals surface area contributed by atoms with Crippen molar-refractivity contribution in [1.29, 1.82) is 0 Å². The van der Waals surface area contributed by atoms with Gasteiger partial charge in [-0.3, -0.25) is 19.1 Å². The van der Waals surface area contributed by atoms with E-state index < -0.39 is 11.7 Å². The number of benzene rings is 3. The van der Waals surface area contributed by atoms with E-state index in [0.717, 1.165) is 15.6 Å². The number of halogens is 2. The van der Waals surface area contributed by atoms with Crippen LogP contribution >= 0.6 is 27.5 Å². The van der Waals surface area contributed by atoms with Crippen LogP contribution in [-0.4, -0.2) is 46.1 Å². The van der Waals surface area contributed by atoms with Crippen LogP contribution < -0.4 is 14.4 Å². The van der Waals surface area contributed by atoms with Crippen LogP contribution in [0.1, 0.15) is 27.2 Å². The molecule has 0 spiro atoms. The molecule has 0 aliphatic carbocycles. The summed E-state index contributed by atoms with van der Waals surface area (Å²) in [5, 5.41) is 8.64. The van der Waals surface area contributed by atoms with Gasteiger partial charge in [-0.05, 0) is 65.7 Å². The lowest BCUT2D eigenvalue weighted by Crippen LogP contribution is -2.32. The first-order valence-corrected chi connectivity index (χ1v) is 14.0. The third kappa shape index (κ3) is 6.84. The largest absolute Gasteiger partial charge is 0.493 e. The van der Waals surface area contributed by atoms with Crippen molar-refractivity contribution in [3.8, 4) is 11.5 Å². The molecule has 0 fully saturated rings. The topological polar surface area (TPSA) is 104 Å². The van der Waals surface area contributed by atoms with E-state index in [0.29, 0.717) is 40.0 Å². The van der Waals surface area contributed by atoms with Crippen LogP contribution in [0.15, 0.2) is 83.5 Å². The maximum absolute atomic E-state index is 12.4. The zero-order valence-corrected chi connectivity index (χ0v) is 24.7. The Morgan fingerprint density at radius 3 is 2.52 bits per heavy atom. The molecule has 0 saturated heterocycles. The van der Waals surface area contributed by atoms with Gasteiger partial charge in [-0.1, -0.05) is 63.1 Å². The van der Waals surface area contributed by atoms with Gasteiger partial charge in [-0.2, -0.15) is 0 Å². The first kappa shape index (κ1) is 29.0. The summed E-state index contributed by atoms with van der Waals surface area (Å²) in [4.78, 5) is 38.4. The summed E-state index contributed by atoms with van der Waals surface area (Å²) in [6.45, 7) is 0.704. The Kier molecular flexibility index (Phi) is 8.94. The second-order valence-electron chi connectivity index (χ2n) is 9.24. The van der Waals surface area contributed by atoms with E-state index in [9.17, 15) is 14.4 Å². The number of carbonyl (C=O) groups excluding carboxylic acids is 3. The molecule has 212 valence electrons. The number of aromatic nitrogens is 3. The third-order valence-corrected chi connectivity index (χ3v) is 7.09. The molecule has 0 N–H and O–H groups in total. The summed E-state index contributed by atoms with van der Waals surface area (Å²) < 4.78 is 13.9. The number of nitrogens with zero attached hydrogens (tertiary/aromatic N) is 4. The van der Waals surface area contributed by atoms with E-state index in [-0.39, 0.29) is 18.9 Å². The molecule has 5 rings (SSSR count). The Morgan fingerprint density at radius 2 is 1.76 bits per heavy atom. The molecule has 0 bridgehead atoms. The SMILES string of the molecule is COc1cc(/C=C/C(=O)/C=C/c2cccc(Br)c2)ccc1OCc1cn(CCN2C(=O)C(=O)c3cc(Cl)ccc32)nn1. The molecule has 0 unspecified atom stereocenters. The molecular formula is C31H24BrClN4O5. The second-order valence-corrected chi connectivity index (χ2v) is 10.6. The Labute approximate surface area is 255 Å². The number of ketones is 2. The van der Waals surface area contributed by atoms with E-state index in [1.165, 1.54) is 30.2 Å². The van der Waals surface area contributed by atoms with Crippen molar-refractivity contribution in [2.24, 2.45) is 0 Å². The standard InChI is InChI=1S/C31H24BrClN4O5/c1-41-29-16-21(6-10-25(38)9-5-20-3-2-4-22(32)15-20)7-12-28(29)42-19-24-18-36(35-34-24)13-14-37-27-11-8-23(33)17-26(27)30(39)31(37)40/h2-12,15-18H,13-14,19H2,1H3/b9-5+,10-6+. The molecule has 11 heteroatoms. The van der Waals surface area contributed by atoms with Crippen LogP contribution in [0.2, 0.25) is 5.02 Å². The predicted octanol–water partition coefficient (Wildman–Crippen LogP) is 5.81. The number of amides is 1. The van der Waals surface area contributed by atoms with Crippen molar-refractivity contribution in [2.75, 3.05) is 18.6 Å². The molecular weight excluding hydrogens is 624 g/mol. The molecule has 9 nitrogen and oxygen atoms in total. The number of hydrogen-bond donors (Lipinski definition) is 0. The number of anilines is 1. The Hall–Kier alpha value is -4.54. The van der Waals surface area contributed by atoms with Crippen molar-refractivity contribution in [2.45, 2.75) is 13.2 Å². The highest BCUT2D eigenvalue weighted by molar-refractivity contribution is 9.10. The van der Waals surface area contributed by atoms with Crippen LogP contribution in [0, 0.1) is 0 Å². The number of allylic oxidation sites excluding steroid dienone is 2. The van der Waals surface area contributed by atoms with E-state index in [4.69, 9.17) is 21.1 Å². The van der Waals surface area contributed by atoms with Gasteiger partial charge in [0.1, 0.15) is 12.3 Å². The number of Topliss-reactive ketones (excluding diaryl/α,β-unsaturated/α-hetero) is 1. The summed E-state index contributed by atoms with van der Waals surface area (Å²) in [6.07, 6.45) is 8.17. The van der Waals surface area contributed by atoms with Crippen molar-refractivity contribution in [3.63, 3.8) is 0 Å². The van der Waals surface area contributed by atoms with Gasteiger partial charge in [0.15, 0.2) is 17.3 Å². The normalized spacial score (nSPS) is 12.9. The molecule has 0 saturated carbocycles. The predicted molar refractivity (Wildman–Crippen MR) is 163 cm³/mol. The molecule has 1 aliphatic heterocycles. The molecule has 1 amide bonds. The van der Waals surface area contributed by atoms with Gasteiger partial charge in [-0.15, -0.1) is 5.10 Å². The van der Waals surface area contributed by atoms with Crippen molar-refractivity contribution in [1.82, 2.24) is 15.0 Å². The van der Waals surface area contributed by atoms with Crippen molar-refractivity contribution in [3.05, 3.63) is 111 Å². The van der Waals surface area contributed by atoms with Crippen LogP contribution in [0.4, 0.5) is 5.69 Å². The molecule has 1 aromatic heterocycles. The molecule has 4 aromatic rings. The van der Waals surface area contributed by atoms with Gasteiger partial charge in [-0.25, -0.2) is 0 Å². The second kappa shape index (κ2) is 13.0. The monoisotopic (exact) mass is 646 g/mol. The number of methoxy groups -OCH3 is 1. The molecule has 2 heterocycles. The molecule has 0 atom stereocenters. The zero-order chi connectivity index (χ0) is 29.6. The van der Waals surface area contributed by atoms with Gasteiger partial charge in [0.05, 0.1) is 31.1 Å². The van der Waals surface area contributed by atoms with Gasteiger partial charge in [0.2, 0.25) is 0 Å². The van der Waals surface area contributed by atoms with Crippen LogP contribution in [-0.2, 0) is 22.7 Å². The first-order valence-electron chi connectivity index (χ1n) is 12.8. The van der Waals surface area contributed by atoms with Gasteiger partial charge in [0, 0.05) is 16.0 Å². The minimum absolute atomic E-state index is 0.132. The lowest BCUT2D eigenvalue weighted by atomic mass is 10.1. The van der Waals surface area contributed by atoms with Gasteiger partial charge in [0.25, 0.3) is 11.7 Å². The minimum Gasteiger partial charge on any atom is -0.493 e. The maximum Gasteiger partial charge on any atom is 0.299 e. The summed E-state index contributed by atoms with van der Waals surface area (Å²) in [7, 11) is 1.54. The first-order chi connectivity index (χ1) is 20.3. The van der Waals surface area contributed by atoms with E-state index in [1.807, 2.05) is 30.3 Å². The van der Waals surface area contributed by atoms with Crippen molar-refractivity contribution < 1.29 is 23.9 Å². The van der Waals surface area contributed by atoms with Crippen LogP contribution in [0.5, 0.6) is 11.5 Å². The van der Waals surface area contributed by atoms with Gasteiger partial charge < -0.3 is 14.4 Å². The highest BCUT2D eigenvalue weighted by atomic mass is 79.9. The smallest absolute Gasteiger partial charge is 0.299 e. The fourth-order valence-electron chi connectivity index (χ4n) is 4.29. The van der Waals surface area contributed by atoms with E-state index >= 15 is 0 Å². The average Bonchev–Trinajstić information content (AvgIpc) is 3.54. The van der Waals surface area contributed by atoms with Crippen molar-refractivity contribution >= 4 is 62.8 Å². The lowest BCUT2D eigenvalue weighted by molar-refractivity contribution is -0.114.